The summed E-state index contributed by atoms with van der Waals surface area (Å²) >= 11 is 0. The molecule has 1 heterocycles. The standard InChI is InChI=1S/C28H28N2O2/c1-16-13-14-22(15-19(16)4)25-26(29-23-11-7-9-17(2)20(23)5)28(32)30(27(25)31)24-12-8-10-18(3)21(24)6/h7-15,29H,1-6H3. The van der Waals surface area contributed by atoms with E-state index in [0.29, 0.717) is 17.0 Å². The summed E-state index contributed by atoms with van der Waals surface area (Å²) in [6.45, 7) is 12.0. The van der Waals surface area contributed by atoms with Gasteiger partial charge in [0.25, 0.3) is 11.8 Å². The Morgan fingerprint density at radius 2 is 1.31 bits per heavy atom. The Morgan fingerprint density at radius 3 is 2.00 bits per heavy atom. The average molecular weight is 425 g/mol. The summed E-state index contributed by atoms with van der Waals surface area (Å²) < 4.78 is 0. The number of anilines is 2. The Morgan fingerprint density at radius 1 is 0.656 bits per heavy atom. The number of nitrogens with one attached hydrogen (secondary N) is 1. The minimum absolute atomic E-state index is 0.306. The van der Waals surface area contributed by atoms with Crippen molar-refractivity contribution in [1.29, 1.82) is 0 Å². The Balaban J connectivity index is 1.90. The molecule has 0 saturated heterocycles. The van der Waals surface area contributed by atoms with Gasteiger partial charge in [0, 0.05) is 5.69 Å². The molecule has 1 aliphatic rings. The number of imide groups is 1. The van der Waals surface area contributed by atoms with Gasteiger partial charge in [0.2, 0.25) is 0 Å². The zero-order valence-electron chi connectivity index (χ0n) is 19.5. The highest BCUT2D eigenvalue weighted by Gasteiger charge is 2.41. The molecule has 0 radical (unpaired) electrons. The largest absolute Gasteiger partial charge is 0.350 e. The average Bonchev–Trinajstić information content (AvgIpc) is 2.99. The molecule has 0 aromatic heterocycles. The first-order valence-electron chi connectivity index (χ1n) is 10.8. The SMILES string of the molecule is Cc1ccc(C2=C(Nc3cccc(C)c3C)C(=O)N(c3cccc(C)c3C)C2=O)cc1C. The van der Waals surface area contributed by atoms with Crippen LogP contribution in [-0.2, 0) is 9.59 Å². The van der Waals surface area contributed by atoms with Crippen molar-refractivity contribution in [3.05, 3.63) is 99.2 Å². The Labute approximate surface area is 189 Å². The highest BCUT2D eigenvalue weighted by Crippen LogP contribution is 2.36. The van der Waals surface area contributed by atoms with Crippen LogP contribution in [-0.4, -0.2) is 11.8 Å². The third-order valence-electron chi connectivity index (χ3n) is 6.56. The van der Waals surface area contributed by atoms with Gasteiger partial charge >= 0.3 is 0 Å². The fourth-order valence-corrected chi connectivity index (χ4v) is 4.03. The van der Waals surface area contributed by atoms with E-state index in [-0.39, 0.29) is 11.8 Å². The fraction of sp³-hybridized carbons (Fsp3) is 0.214. The van der Waals surface area contributed by atoms with Gasteiger partial charge in [-0.1, -0.05) is 42.5 Å². The Kier molecular flexibility index (Phi) is 5.47. The van der Waals surface area contributed by atoms with E-state index in [1.807, 2.05) is 96.1 Å². The van der Waals surface area contributed by atoms with Crippen LogP contribution in [0.3, 0.4) is 0 Å². The van der Waals surface area contributed by atoms with E-state index >= 15 is 0 Å². The minimum atomic E-state index is -0.335. The molecule has 0 unspecified atom stereocenters. The molecule has 3 aromatic carbocycles. The Bertz CT molecular complexity index is 1300. The zero-order valence-corrected chi connectivity index (χ0v) is 19.5. The first-order valence-corrected chi connectivity index (χ1v) is 10.8. The summed E-state index contributed by atoms with van der Waals surface area (Å²) in [5.41, 5.74) is 9.24. The van der Waals surface area contributed by atoms with Gasteiger partial charge in [-0.3, -0.25) is 9.59 Å². The summed E-state index contributed by atoms with van der Waals surface area (Å²) in [5, 5.41) is 3.31. The third-order valence-corrected chi connectivity index (χ3v) is 6.56. The smallest absolute Gasteiger partial charge is 0.282 e. The molecule has 4 nitrogen and oxygen atoms in total. The number of nitrogens with zero attached hydrogens (tertiary/aromatic N) is 1. The van der Waals surface area contributed by atoms with Crippen LogP contribution in [0.25, 0.3) is 5.57 Å². The molecule has 3 aromatic rings. The monoisotopic (exact) mass is 424 g/mol. The molecule has 0 saturated carbocycles. The number of amides is 2. The quantitative estimate of drug-likeness (QED) is 0.528. The molecule has 4 rings (SSSR count). The van der Waals surface area contributed by atoms with Gasteiger partial charge in [-0.25, -0.2) is 4.90 Å². The molecule has 0 fully saturated rings. The molecule has 0 aliphatic carbocycles. The van der Waals surface area contributed by atoms with Gasteiger partial charge in [-0.15, -0.1) is 0 Å². The number of carbonyl (C=O) groups is 2. The van der Waals surface area contributed by atoms with E-state index in [4.69, 9.17) is 0 Å². The van der Waals surface area contributed by atoms with E-state index in [2.05, 4.69) is 5.32 Å². The molecule has 2 amide bonds. The van der Waals surface area contributed by atoms with E-state index in [1.165, 1.54) is 4.90 Å². The number of carbonyl (C=O) groups excluding carboxylic acids is 2. The second-order valence-corrected chi connectivity index (χ2v) is 8.59. The second kappa shape index (κ2) is 8.12. The molecule has 162 valence electrons. The summed E-state index contributed by atoms with van der Waals surface area (Å²) in [6, 6.07) is 17.5. The highest BCUT2D eigenvalue weighted by molar-refractivity contribution is 6.46. The summed E-state index contributed by atoms with van der Waals surface area (Å²) in [7, 11) is 0. The number of rotatable bonds is 4. The molecular formula is C28H28N2O2. The number of hydrogen-bond donors (Lipinski definition) is 1. The third kappa shape index (κ3) is 3.52. The Hall–Kier alpha value is -3.66. The summed E-state index contributed by atoms with van der Waals surface area (Å²) in [5.74, 6) is -0.641. The van der Waals surface area contributed by atoms with Crippen molar-refractivity contribution < 1.29 is 9.59 Å². The maximum Gasteiger partial charge on any atom is 0.282 e. The van der Waals surface area contributed by atoms with E-state index in [9.17, 15) is 9.59 Å². The van der Waals surface area contributed by atoms with Crippen molar-refractivity contribution in [2.24, 2.45) is 0 Å². The fourth-order valence-electron chi connectivity index (χ4n) is 4.03. The minimum Gasteiger partial charge on any atom is -0.350 e. The predicted molar refractivity (Wildman–Crippen MR) is 131 cm³/mol. The molecule has 0 atom stereocenters. The normalized spacial score (nSPS) is 13.9. The topological polar surface area (TPSA) is 49.4 Å². The second-order valence-electron chi connectivity index (χ2n) is 8.59. The van der Waals surface area contributed by atoms with Crippen molar-refractivity contribution in [2.45, 2.75) is 41.5 Å². The van der Waals surface area contributed by atoms with Crippen molar-refractivity contribution >= 4 is 28.8 Å². The molecule has 32 heavy (non-hydrogen) atoms. The van der Waals surface area contributed by atoms with Crippen molar-refractivity contribution in [3.8, 4) is 0 Å². The van der Waals surface area contributed by atoms with Gasteiger partial charge in [0.05, 0.1) is 11.3 Å². The first kappa shape index (κ1) is 21.6. The molecule has 0 spiro atoms. The van der Waals surface area contributed by atoms with Crippen LogP contribution in [0.5, 0.6) is 0 Å². The van der Waals surface area contributed by atoms with Gasteiger partial charge < -0.3 is 5.32 Å². The highest BCUT2D eigenvalue weighted by atomic mass is 16.2. The lowest BCUT2D eigenvalue weighted by Crippen LogP contribution is -2.33. The van der Waals surface area contributed by atoms with Crippen LogP contribution in [0.1, 0.15) is 38.9 Å². The molecule has 0 bridgehead atoms. The lowest BCUT2D eigenvalue weighted by molar-refractivity contribution is -0.120. The van der Waals surface area contributed by atoms with Gasteiger partial charge in [-0.05, 0) is 92.6 Å². The van der Waals surface area contributed by atoms with E-state index in [0.717, 1.165) is 44.6 Å². The van der Waals surface area contributed by atoms with Crippen LogP contribution >= 0.6 is 0 Å². The number of aryl methyl sites for hydroxylation is 4. The van der Waals surface area contributed by atoms with Crippen molar-refractivity contribution in [1.82, 2.24) is 0 Å². The lowest BCUT2D eigenvalue weighted by Gasteiger charge is -2.19. The van der Waals surface area contributed by atoms with Gasteiger partial charge in [-0.2, -0.15) is 0 Å². The van der Waals surface area contributed by atoms with E-state index < -0.39 is 0 Å². The maximum absolute atomic E-state index is 13.7. The predicted octanol–water partition coefficient (Wildman–Crippen LogP) is 5.93. The molecular weight excluding hydrogens is 396 g/mol. The number of benzene rings is 3. The molecule has 1 aliphatic heterocycles. The lowest BCUT2D eigenvalue weighted by atomic mass is 9.99. The first-order chi connectivity index (χ1) is 15.2. The van der Waals surface area contributed by atoms with Crippen molar-refractivity contribution in [2.75, 3.05) is 10.2 Å². The maximum atomic E-state index is 13.7. The van der Waals surface area contributed by atoms with Crippen LogP contribution in [0.15, 0.2) is 60.3 Å². The summed E-state index contributed by atoms with van der Waals surface area (Å²) in [4.78, 5) is 28.7. The molecule has 1 N–H and O–H groups in total. The van der Waals surface area contributed by atoms with Crippen LogP contribution in [0, 0.1) is 41.5 Å². The van der Waals surface area contributed by atoms with E-state index in [1.54, 1.807) is 0 Å². The van der Waals surface area contributed by atoms with Crippen LogP contribution in [0.4, 0.5) is 11.4 Å². The van der Waals surface area contributed by atoms with Crippen LogP contribution in [0.2, 0.25) is 0 Å². The molecule has 4 heteroatoms. The van der Waals surface area contributed by atoms with Crippen LogP contribution < -0.4 is 10.2 Å². The van der Waals surface area contributed by atoms with Gasteiger partial charge in [0.1, 0.15) is 5.70 Å². The number of hydrogen-bond acceptors (Lipinski definition) is 3. The van der Waals surface area contributed by atoms with Crippen molar-refractivity contribution in [3.63, 3.8) is 0 Å². The van der Waals surface area contributed by atoms with Gasteiger partial charge in [0.15, 0.2) is 0 Å². The summed E-state index contributed by atoms with van der Waals surface area (Å²) in [6.07, 6.45) is 0. The zero-order chi connectivity index (χ0) is 23.2.